The van der Waals surface area contributed by atoms with Gasteiger partial charge in [0, 0.05) is 11.8 Å². The molecule has 0 amide bonds. The van der Waals surface area contributed by atoms with E-state index in [1.54, 1.807) is 0 Å². The zero-order valence-electron chi connectivity index (χ0n) is 12.1. The van der Waals surface area contributed by atoms with Gasteiger partial charge in [-0.3, -0.25) is 0 Å². The molecule has 2 spiro atoms. The Labute approximate surface area is 125 Å². The van der Waals surface area contributed by atoms with Crippen molar-refractivity contribution in [1.29, 1.82) is 0 Å². The van der Waals surface area contributed by atoms with Gasteiger partial charge >= 0.3 is 0 Å². The lowest BCUT2D eigenvalue weighted by Crippen LogP contribution is -2.33. The van der Waals surface area contributed by atoms with Crippen molar-refractivity contribution in [2.24, 2.45) is 47.3 Å². The number of fused-ring (bicyclic) bond motifs is 3. The summed E-state index contributed by atoms with van der Waals surface area (Å²) >= 11 is 0. The third-order valence-electron chi connectivity index (χ3n) is 8.14. The second-order valence-corrected chi connectivity index (χ2v) is 8.52. The Morgan fingerprint density at radius 3 is 1.62 bits per heavy atom. The van der Waals surface area contributed by atoms with Gasteiger partial charge in [-0.15, -0.1) is 0 Å². The van der Waals surface area contributed by atoms with Crippen LogP contribution in [0.4, 0.5) is 0 Å². The minimum absolute atomic E-state index is 0.195. The first-order valence-corrected chi connectivity index (χ1v) is 8.76. The van der Waals surface area contributed by atoms with Crippen LogP contribution < -0.4 is 0 Å². The van der Waals surface area contributed by atoms with Crippen LogP contribution in [0.3, 0.4) is 0 Å². The highest BCUT2D eigenvalue weighted by Gasteiger charge is 2.83. The van der Waals surface area contributed by atoms with Gasteiger partial charge in [0.25, 0.3) is 0 Å². The largest absolute Gasteiger partial charge is 0.361 e. The van der Waals surface area contributed by atoms with E-state index >= 15 is 0 Å². The van der Waals surface area contributed by atoms with E-state index in [2.05, 4.69) is 48.6 Å². The number of hydrogen-bond acceptors (Lipinski definition) is 1. The van der Waals surface area contributed by atoms with Crippen LogP contribution >= 0.6 is 0 Å². The highest BCUT2D eigenvalue weighted by molar-refractivity contribution is 5.43. The van der Waals surface area contributed by atoms with E-state index in [4.69, 9.17) is 4.74 Å². The Morgan fingerprint density at radius 1 is 0.619 bits per heavy atom. The molecule has 7 aliphatic rings. The maximum Gasteiger partial charge on any atom is 0.106 e. The Morgan fingerprint density at radius 2 is 1.10 bits per heavy atom. The Hall–Kier alpha value is -1.08. The number of epoxide rings is 1. The molecule has 3 fully saturated rings. The molecule has 106 valence electrons. The molecule has 1 heteroatoms. The van der Waals surface area contributed by atoms with E-state index in [1.807, 2.05) is 0 Å². The Bertz CT molecular complexity index is 626. The average molecular weight is 276 g/mol. The van der Waals surface area contributed by atoms with Gasteiger partial charge in [-0.05, 0) is 48.3 Å². The molecule has 1 saturated heterocycles. The molecule has 0 bridgehead atoms. The van der Waals surface area contributed by atoms with Gasteiger partial charge in [-0.25, -0.2) is 0 Å². The van der Waals surface area contributed by atoms with Crippen molar-refractivity contribution < 1.29 is 4.74 Å². The first-order chi connectivity index (χ1) is 10.3. The minimum Gasteiger partial charge on any atom is -0.361 e. The van der Waals surface area contributed by atoms with Crippen molar-refractivity contribution in [3.8, 4) is 0 Å². The van der Waals surface area contributed by atoms with Gasteiger partial charge in [0.15, 0.2) is 0 Å². The fourth-order valence-corrected chi connectivity index (χ4v) is 7.52. The lowest BCUT2D eigenvalue weighted by molar-refractivity contribution is 0.221. The second-order valence-electron chi connectivity index (χ2n) is 8.52. The summed E-state index contributed by atoms with van der Waals surface area (Å²) in [6.07, 6.45) is 22.4. The first kappa shape index (κ1) is 10.6. The molecule has 0 unspecified atom stereocenters. The smallest absolute Gasteiger partial charge is 0.106 e. The van der Waals surface area contributed by atoms with Crippen molar-refractivity contribution >= 4 is 0 Å². The van der Waals surface area contributed by atoms with Gasteiger partial charge < -0.3 is 4.74 Å². The SMILES string of the molecule is C1=C[C@@H]2[C@H]3[C@@H]1C=C[C@H]3C[C@]21O[C@@]12C[C@H]1C=C[C@@H]3C=C[C@H]2[C@H]31. The normalized spacial score (nSPS) is 69.0. The molecular weight excluding hydrogens is 256 g/mol. The van der Waals surface area contributed by atoms with Gasteiger partial charge in [0.2, 0.25) is 0 Å². The quantitative estimate of drug-likeness (QED) is 0.487. The monoisotopic (exact) mass is 276 g/mol. The van der Waals surface area contributed by atoms with Crippen molar-refractivity contribution in [2.45, 2.75) is 24.0 Å². The number of ether oxygens (including phenoxy) is 1. The van der Waals surface area contributed by atoms with E-state index in [9.17, 15) is 0 Å². The molecule has 6 aliphatic carbocycles. The van der Waals surface area contributed by atoms with Crippen molar-refractivity contribution in [1.82, 2.24) is 0 Å². The van der Waals surface area contributed by atoms with Gasteiger partial charge in [-0.2, -0.15) is 0 Å². The standard InChI is InChI=1S/C20H20O/c1-3-13-9-19(15-7-5-11(1)17(13)15)20(21-19)10-14-4-2-12-6-8-16(20)18(12)14/h1-8,11-18H,9-10H2/t11-,12-,13-,14+,15+,16-,17-,18+,19-,20+/m1/s1. The van der Waals surface area contributed by atoms with Crippen LogP contribution in [0.5, 0.6) is 0 Å². The summed E-state index contributed by atoms with van der Waals surface area (Å²) in [6.45, 7) is 0. The third kappa shape index (κ3) is 0.892. The zero-order valence-corrected chi connectivity index (χ0v) is 12.1. The molecule has 0 aromatic carbocycles. The summed E-state index contributed by atoms with van der Waals surface area (Å²) < 4.78 is 6.78. The molecule has 7 rings (SSSR count). The summed E-state index contributed by atoms with van der Waals surface area (Å²) in [5.41, 5.74) is 0.390. The van der Waals surface area contributed by atoms with Gasteiger partial charge in [-0.1, -0.05) is 48.6 Å². The molecule has 0 radical (unpaired) electrons. The highest BCUT2D eigenvalue weighted by atomic mass is 16.6. The molecule has 21 heavy (non-hydrogen) atoms. The summed E-state index contributed by atoms with van der Waals surface area (Å²) in [4.78, 5) is 0. The molecule has 10 atom stereocenters. The van der Waals surface area contributed by atoms with Crippen LogP contribution in [0.1, 0.15) is 12.8 Å². The van der Waals surface area contributed by atoms with E-state index < -0.39 is 0 Å². The maximum atomic E-state index is 6.78. The molecular formula is C20H20O. The van der Waals surface area contributed by atoms with Gasteiger partial charge in [0.05, 0.1) is 0 Å². The molecule has 1 aliphatic heterocycles. The van der Waals surface area contributed by atoms with Crippen LogP contribution in [0.2, 0.25) is 0 Å². The highest BCUT2D eigenvalue weighted by Crippen LogP contribution is 2.77. The number of rotatable bonds is 0. The Kier molecular flexibility index (Phi) is 1.46. The van der Waals surface area contributed by atoms with E-state index in [0.29, 0.717) is 23.7 Å². The van der Waals surface area contributed by atoms with Crippen molar-refractivity contribution in [3.05, 3.63) is 48.6 Å². The predicted octanol–water partition coefficient (Wildman–Crippen LogP) is 3.51. The minimum atomic E-state index is 0.195. The zero-order chi connectivity index (χ0) is 13.4. The topological polar surface area (TPSA) is 12.5 Å². The molecule has 1 heterocycles. The predicted molar refractivity (Wildman–Crippen MR) is 80.3 cm³/mol. The fourth-order valence-electron chi connectivity index (χ4n) is 7.52. The third-order valence-corrected chi connectivity index (χ3v) is 8.14. The summed E-state index contributed by atoms with van der Waals surface area (Å²) in [5, 5.41) is 0. The fraction of sp³-hybridized carbons (Fsp3) is 0.600. The van der Waals surface area contributed by atoms with E-state index in [-0.39, 0.29) is 11.2 Å². The first-order valence-electron chi connectivity index (χ1n) is 8.76. The molecule has 0 aromatic rings. The van der Waals surface area contributed by atoms with Crippen molar-refractivity contribution in [3.63, 3.8) is 0 Å². The van der Waals surface area contributed by atoms with Crippen LogP contribution in [-0.4, -0.2) is 11.2 Å². The summed E-state index contributed by atoms with van der Waals surface area (Å²) in [7, 11) is 0. The van der Waals surface area contributed by atoms with Crippen LogP contribution in [0, 0.1) is 47.3 Å². The summed E-state index contributed by atoms with van der Waals surface area (Å²) in [5.74, 6) is 6.05. The number of hydrogen-bond donors (Lipinski definition) is 0. The molecule has 0 aromatic heterocycles. The molecule has 0 N–H and O–H groups in total. The Balaban J connectivity index is 1.36. The van der Waals surface area contributed by atoms with Crippen LogP contribution in [0.15, 0.2) is 48.6 Å². The van der Waals surface area contributed by atoms with Crippen LogP contribution in [0.25, 0.3) is 0 Å². The van der Waals surface area contributed by atoms with Crippen molar-refractivity contribution in [2.75, 3.05) is 0 Å². The number of allylic oxidation sites excluding steroid dienone is 6. The second kappa shape index (κ2) is 2.88. The lowest BCUT2D eigenvalue weighted by Gasteiger charge is -2.22. The molecule has 2 saturated carbocycles. The molecule has 1 nitrogen and oxygen atoms in total. The van der Waals surface area contributed by atoms with Crippen LogP contribution in [-0.2, 0) is 4.74 Å². The maximum absolute atomic E-state index is 6.78. The lowest BCUT2D eigenvalue weighted by atomic mass is 9.75. The van der Waals surface area contributed by atoms with E-state index in [1.165, 1.54) is 12.8 Å². The van der Waals surface area contributed by atoms with E-state index in [0.717, 1.165) is 23.7 Å². The van der Waals surface area contributed by atoms with Gasteiger partial charge in [0.1, 0.15) is 11.2 Å². The summed E-state index contributed by atoms with van der Waals surface area (Å²) in [6, 6.07) is 0. The average Bonchev–Trinajstić information content (AvgIpc) is 3.08.